The molecular weight excluding hydrogens is 378 g/mol. The minimum atomic E-state index is -0.322. The zero-order valence-electron chi connectivity index (χ0n) is 18.7. The molecule has 6 nitrogen and oxygen atoms in total. The van der Waals surface area contributed by atoms with Gasteiger partial charge in [0.1, 0.15) is 0 Å². The van der Waals surface area contributed by atoms with Crippen LogP contribution >= 0.6 is 0 Å². The van der Waals surface area contributed by atoms with Crippen LogP contribution in [0.1, 0.15) is 64.3 Å². The largest absolute Gasteiger partial charge is 0.347 e. The highest BCUT2D eigenvalue weighted by Crippen LogP contribution is 2.14. The van der Waals surface area contributed by atoms with Gasteiger partial charge in [-0.2, -0.15) is 0 Å². The van der Waals surface area contributed by atoms with Crippen molar-refractivity contribution in [3.8, 4) is 0 Å². The Labute approximate surface area is 178 Å². The monoisotopic (exact) mass is 409 g/mol. The van der Waals surface area contributed by atoms with Gasteiger partial charge >= 0.3 is 0 Å². The van der Waals surface area contributed by atoms with Crippen LogP contribution in [0.15, 0.2) is 48.5 Å². The Bertz CT molecular complexity index is 895. The molecule has 160 valence electrons. The molecule has 0 saturated carbocycles. The number of benzene rings is 2. The SMILES string of the molecule is CCN(Cc1ccc(C(=O)N(C)C)cc1)C(=O)c1ccc(C(=O)NC(C)(C)C)cc1. The number of hydrogen-bond acceptors (Lipinski definition) is 3. The van der Waals surface area contributed by atoms with Gasteiger partial charge in [0.15, 0.2) is 0 Å². The minimum Gasteiger partial charge on any atom is -0.347 e. The summed E-state index contributed by atoms with van der Waals surface area (Å²) in [4.78, 5) is 40.4. The Morgan fingerprint density at radius 1 is 0.800 bits per heavy atom. The molecule has 2 rings (SSSR count). The van der Waals surface area contributed by atoms with Gasteiger partial charge in [0, 0.05) is 49.4 Å². The maximum atomic E-state index is 12.9. The molecule has 0 radical (unpaired) electrons. The third kappa shape index (κ3) is 6.17. The molecule has 0 unspecified atom stereocenters. The lowest BCUT2D eigenvalue weighted by molar-refractivity contribution is 0.0750. The van der Waals surface area contributed by atoms with Crippen molar-refractivity contribution in [2.24, 2.45) is 0 Å². The van der Waals surface area contributed by atoms with Crippen LogP contribution in [0.4, 0.5) is 0 Å². The first-order valence-corrected chi connectivity index (χ1v) is 10.0. The standard InChI is InChI=1S/C24H31N3O3/c1-7-27(16-17-8-10-19(11-9-17)22(29)26(5)6)23(30)20-14-12-18(13-15-20)21(28)25-24(2,3)4/h8-15H,7,16H2,1-6H3,(H,25,28). The van der Waals surface area contributed by atoms with E-state index in [1.165, 1.54) is 4.90 Å². The van der Waals surface area contributed by atoms with E-state index in [1.54, 1.807) is 55.4 Å². The molecule has 2 aromatic carbocycles. The highest BCUT2D eigenvalue weighted by Gasteiger charge is 2.18. The molecule has 30 heavy (non-hydrogen) atoms. The van der Waals surface area contributed by atoms with Gasteiger partial charge in [0.05, 0.1) is 0 Å². The summed E-state index contributed by atoms with van der Waals surface area (Å²) >= 11 is 0. The first-order chi connectivity index (χ1) is 14.0. The van der Waals surface area contributed by atoms with Crippen LogP contribution in [0.5, 0.6) is 0 Å². The van der Waals surface area contributed by atoms with E-state index >= 15 is 0 Å². The van der Waals surface area contributed by atoms with Crippen molar-refractivity contribution < 1.29 is 14.4 Å². The maximum Gasteiger partial charge on any atom is 0.254 e. The van der Waals surface area contributed by atoms with E-state index in [-0.39, 0.29) is 23.3 Å². The van der Waals surface area contributed by atoms with E-state index < -0.39 is 0 Å². The van der Waals surface area contributed by atoms with Crippen molar-refractivity contribution in [2.45, 2.75) is 39.8 Å². The molecule has 0 aliphatic heterocycles. The number of amides is 3. The number of hydrogen-bond donors (Lipinski definition) is 1. The van der Waals surface area contributed by atoms with Crippen LogP contribution in [0.25, 0.3) is 0 Å². The summed E-state index contributed by atoms with van der Waals surface area (Å²) in [5, 5.41) is 2.91. The second kappa shape index (κ2) is 9.57. The first-order valence-electron chi connectivity index (χ1n) is 10.0. The van der Waals surface area contributed by atoms with Crippen molar-refractivity contribution in [1.82, 2.24) is 15.1 Å². The minimum absolute atomic E-state index is 0.0550. The molecule has 0 saturated heterocycles. The Morgan fingerprint density at radius 3 is 1.73 bits per heavy atom. The zero-order valence-corrected chi connectivity index (χ0v) is 18.7. The predicted molar refractivity (Wildman–Crippen MR) is 119 cm³/mol. The number of nitrogens with one attached hydrogen (secondary N) is 1. The average molecular weight is 410 g/mol. The molecule has 1 N–H and O–H groups in total. The third-order valence-electron chi connectivity index (χ3n) is 4.53. The van der Waals surface area contributed by atoms with Crippen LogP contribution in [-0.4, -0.2) is 53.7 Å². The van der Waals surface area contributed by atoms with E-state index in [0.29, 0.717) is 29.8 Å². The Morgan fingerprint density at radius 2 is 1.27 bits per heavy atom. The van der Waals surface area contributed by atoms with Crippen molar-refractivity contribution in [3.63, 3.8) is 0 Å². The predicted octanol–water partition coefficient (Wildman–Crippen LogP) is 3.58. The van der Waals surface area contributed by atoms with E-state index in [2.05, 4.69) is 5.32 Å². The van der Waals surface area contributed by atoms with Crippen molar-refractivity contribution >= 4 is 17.7 Å². The molecule has 0 spiro atoms. The van der Waals surface area contributed by atoms with Crippen molar-refractivity contribution in [3.05, 3.63) is 70.8 Å². The van der Waals surface area contributed by atoms with Crippen LogP contribution in [0, 0.1) is 0 Å². The number of carbonyl (C=O) groups is 3. The molecule has 0 aliphatic carbocycles. The lowest BCUT2D eigenvalue weighted by atomic mass is 10.1. The van der Waals surface area contributed by atoms with E-state index in [0.717, 1.165) is 5.56 Å². The molecule has 0 heterocycles. The molecule has 6 heteroatoms. The lowest BCUT2D eigenvalue weighted by Crippen LogP contribution is -2.40. The zero-order chi connectivity index (χ0) is 22.5. The van der Waals surface area contributed by atoms with E-state index in [1.807, 2.05) is 39.8 Å². The third-order valence-corrected chi connectivity index (χ3v) is 4.53. The molecule has 3 amide bonds. The van der Waals surface area contributed by atoms with Crippen molar-refractivity contribution in [2.75, 3.05) is 20.6 Å². The average Bonchev–Trinajstić information content (AvgIpc) is 2.70. The summed E-state index contributed by atoms with van der Waals surface area (Å²) < 4.78 is 0. The van der Waals surface area contributed by atoms with Gasteiger partial charge in [-0.1, -0.05) is 12.1 Å². The molecule has 0 aromatic heterocycles. The van der Waals surface area contributed by atoms with Gasteiger partial charge < -0.3 is 15.1 Å². The van der Waals surface area contributed by atoms with Crippen LogP contribution < -0.4 is 5.32 Å². The maximum absolute atomic E-state index is 12.9. The van der Waals surface area contributed by atoms with Gasteiger partial charge in [-0.15, -0.1) is 0 Å². The van der Waals surface area contributed by atoms with Gasteiger partial charge in [0.2, 0.25) is 0 Å². The van der Waals surface area contributed by atoms with Crippen LogP contribution in [-0.2, 0) is 6.54 Å². The lowest BCUT2D eigenvalue weighted by Gasteiger charge is -2.22. The Balaban J connectivity index is 2.09. The summed E-state index contributed by atoms with van der Waals surface area (Å²) in [6.07, 6.45) is 0. The fourth-order valence-corrected chi connectivity index (χ4v) is 2.92. The number of nitrogens with zero attached hydrogens (tertiary/aromatic N) is 2. The van der Waals surface area contributed by atoms with E-state index in [4.69, 9.17) is 0 Å². The second-order valence-electron chi connectivity index (χ2n) is 8.50. The fourth-order valence-electron chi connectivity index (χ4n) is 2.92. The molecular formula is C24H31N3O3. The normalized spacial score (nSPS) is 11.0. The van der Waals surface area contributed by atoms with Gasteiger partial charge in [-0.25, -0.2) is 0 Å². The highest BCUT2D eigenvalue weighted by atomic mass is 16.2. The fraction of sp³-hybridized carbons (Fsp3) is 0.375. The number of carbonyl (C=O) groups excluding carboxylic acids is 3. The van der Waals surface area contributed by atoms with E-state index in [9.17, 15) is 14.4 Å². The van der Waals surface area contributed by atoms with Gasteiger partial charge in [-0.05, 0) is 69.7 Å². The van der Waals surface area contributed by atoms with Gasteiger partial charge in [0.25, 0.3) is 17.7 Å². The van der Waals surface area contributed by atoms with Crippen LogP contribution in [0.3, 0.4) is 0 Å². The summed E-state index contributed by atoms with van der Waals surface area (Å²) in [6, 6.07) is 14.0. The Hall–Kier alpha value is -3.15. The highest BCUT2D eigenvalue weighted by molar-refractivity contribution is 5.98. The molecule has 2 aromatic rings. The molecule has 0 bridgehead atoms. The smallest absolute Gasteiger partial charge is 0.254 e. The summed E-state index contributed by atoms with van der Waals surface area (Å²) in [5.41, 5.74) is 2.29. The van der Waals surface area contributed by atoms with Crippen LogP contribution in [0.2, 0.25) is 0 Å². The number of rotatable bonds is 6. The van der Waals surface area contributed by atoms with Gasteiger partial charge in [-0.3, -0.25) is 14.4 Å². The molecule has 0 aliphatic rings. The second-order valence-corrected chi connectivity index (χ2v) is 8.50. The summed E-state index contributed by atoms with van der Waals surface area (Å²) in [5.74, 6) is -0.324. The molecule has 0 atom stereocenters. The summed E-state index contributed by atoms with van der Waals surface area (Å²) in [7, 11) is 3.43. The molecule has 0 fully saturated rings. The first kappa shape index (κ1) is 23.1. The topological polar surface area (TPSA) is 69.7 Å². The summed E-state index contributed by atoms with van der Waals surface area (Å²) in [6.45, 7) is 8.68. The Kier molecular flexibility index (Phi) is 7.38. The quantitative estimate of drug-likeness (QED) is 0.793. The van der Waals surface area contributed by atoms with Crippen molar-refractivity contribution in [1.29, 1.82) is 0 Å².